The van der Waals surface area contributed by atoms with Crippen molar-refractivity contribution in [3.05, 3.63) is 159 Å². The molecule has 0 saturated heterocycles. The van der Waals surface area contributed by atoms with Gasteiger partial charge in [0.05, 0.1) is 29.8 Å². The third-order valence-electron chi connectivity index (χ3n) is 6.61. The fourth-order valence-electron chi connectivity index (χ4n) is 4.62. The smallest absolute Gasteiger partial charge is 0.338 e. The number of rotatable bonds is 9. The van der Waals surface area contributed by atoms with Crippen molar-refractivity contribution in [1.29, 1.82) is 0 Å². The molecule has 41 heavy (non-hydrogen) atoms. The summed E-state index contributed by atoms with van der Waals surface area (Å²) >= 11 is 3.59. The summed E-state index contributed by atoms with van der Waals surface area (Å²) in [6, 6.07) is 42.5. The minimum Gasteiger partial charge on any atom is -0.462 e. The molecule has 0 aromatic heterocycles. The summed E-state index contributed by atoms with van der Waals surface area (Å²) < 4.78 is 12.1. The van der Waals surface area contributed by atoms with Crippen molar-refractivity contribution < 1.29 is 14.5 Å². The van der Waals surface area contributed by atoms with Crippen LogP contribution in [0, 0.1) is 10.1 Å². The van der Waals surface area contributed by atoms with Crippen molar-refractivity contribution >= 4 is 56.2 Å². The quantitative estimate of drug-likeness (QED) is 0.0733. The highest BCUT2D eigenvalue weighted by molar-refractivity contribution is 9.10. The Bertz CT molecular complexity index is 1610. The molecule has 0 unspecified atom stereocenters. The third kappa shape index (κ3) is 6.37. The zero-order chi connectivity index (χ0) is 28.7. The number of esters is 1. The highest BCUT2D eigenvalue weighted by Crippen LogP contribution is 2.50. The number of nitro benzene ring substituents is 1. The van der Waals surface area contributed by atoms with E-state index in [-0.39, 0.29) is 17.9 Å². The van der Waals surface area contributed by atoms with Gasteiger partial charge in [0.15, 0.2) is 0 Å². The second kappa shape index (κ2) is 12.9. The number of nitrogens with zero attached hydrogens (tertiary/aromatic N) is 2. The van der Waals surface area contributed by atoms with Crippen LogP contribution in [0.4, 0.5) is 11.4 Å². The van der Waals surface area contributed by atoms with Gasteiger partial charge in [-0.3, -0.25) is 14.9 Å². The van der Waals surface area contributed by atoms with Crippen LogP contribution < -0.4 is 15.9 Å². The summed E-state index contributed by atoms with van der Waals surface area (Å²) in [5.74, 6) is -0.534. The SMILES string of the molecule is O=C(OCCc1cc(Br)ccc1N=P(c1ccccc1)(c1ccccc1)c1ccccc1)c1ccc([N+](=O)[O-])cc1. The normalized spacial score (nSPS) is 11.0. The number of carbonyl (C=O) groups excluding carboxylic acids is 1. The topological polar surface area (TPSA) is 81.8 Å². The molecule has 0 N–H and O–H groups in total. The molecular weight excluding hydrogens is 599 g/mol. The van der Waals surface area contributed by atoms with Crippen LogP contribution in [0.25, 0.3) is 0 Å². The molecule has 0 spiro atoms. The van der Waals surface area contributed by atoms with E-state index in [1.165, 1.54) is 24.3 Å². The van der Waals surface area contributed by atoms with Crippen molar-refractivity contribution in [3.63, 3.8) is 0 Å². The van der Waals surface area contributed by atoms with Gasteiger partial charge in [0.1, 0.15) is 0 Å². The number of nitro groups is 1. The number of halogens is 1. The molecule has 5 aromatic carbocycles. The maximum Gasteiger partial charge on any atom is 0.338 e. The van der Waals surface area contributed by atoms with Crippen LogP contribution >= 0.6 is 23.0 Å². The lowest BCUT2D eigenvalue weighted by Gasteiger charge is -2.27. The molecule has 0 aliphatic rings. The lowest BCUT2D eigenvalue weighted by Crippen LogP contribution is -2.25. The van der Waals surface area contributed by atoms with Gasteiger partial charge in [0.2, 0.25) is 0 Å². The van der Waals surface area contributed by atoms with Crippen LogP contribution in [0.15, 0.2) is 143 Å². The molecule has 0 heterocycles. The third-order valence-corrected chi connectivity index (χ3v) is 10.8. The van der Waals surface area contributed by atoms with Crippen molar-refractivity contribution in [2.75, 3.05) is 6.61 Å². The molecule has 5 rings (SSSR count). The molecule has 5 aromatic rings. The molecule has 0 saturated carbocycles. The maximum absolute atomic E-state index is 12.6. The molecule has 0 bridgehead atoms. The Morgan fingerprint density at radius 2 is 1.27 bits per heavy atom. The number of carbonyl (C=O) groups is 1. The predicted octanol–water partition coefficient (Wildman–Crippen LogP) is 7.57. The lowest BCUT2D eigenvalue weighted by molar-refractivity contribution is -0.384. The van der Waals surface area contributed by atoms with Crippen molar-refractivity contribution in [1.82, 2.24) is 0 Å². The summed E-state index contributed by atoms with van der Waals surface area (Å²) in [5.41, 5.74) is 1.94. The second-order valence-corrected chi connectivity index (χ2v) is 13.1. The minimum atomic E-state index is -2.48. The summed E-state index contributed by atoms with van der Waals surface area (Å²) in [4.78, 5) is 23.0. The zero-order valence-electron chi connectivity index (χ0n) is 22.0. The van der Waals surface area contributed by atoms with Crippen molar-refractivity contribution in [3.8, 4) is 0 Å². The molecule has 0 amide bonds. The number of hydrogen-bond donors (Lipinski definition) is 0. The van der Waals surface area contributed by atoms with Gasteiger partial charge in [-0.05, 0) is 35.9 Å². The Morgan fingerprint density at radius 1 is 0.756 bits per heavy atom. The Hall–Kier alpha value is -4.32. The maximum atomic E-state index is 12.6. The minimum absolute atomic E-state index is 0.0796. The van der Waals surface area contributed by atoms with Gasteiger partial charge in [0, 0.05) is 38.9 Å². The lowest BCUT2D eigenvalue weighted by atomic mass is 10.1. The highest BCUT2D eigenvalue weighted by atomic mass is 79.9. The standard InChI is InChI=1S/C33H26BrN2O4P/c34-27-18-21-32(26(24-27)22-23-40-33(37)25-16-19-28(20-17-25)36(38)39)35-41(29-10-4-1-5-11-29,30-12-6-2-7-13-30)31-14-8-3-9-15-31/h1-21,24H,22-23H2. The summed E-state index contributed by atoms with van der Waals surface area (Å²) in [6.45, 7) is 0.127. The van der Waals surface area contributed by atoms with Gasteiger partial charge >= 0.3 is 5.97 Å². The molecular formula is C33H26BrN2O4P. The van der Waals surface area contributed by atoms with Crippen LogP contribution in [-0.2, 0) is 11.2 Å². The molecule has 204 valence electrons. The van der Waals surface area contributed by atoms with Gasteiger partial charge < -0.3 is 4.74 Å². The van der Waals surface area contributed by atoms with E-state index in [9.17, 15) is 14.9 Å². The predicted molar refractivity (Wildman–Crippen MR) is 168 cm³/mol. The first-order valence-corrected chi connectivity index (χ1v) is 15.5. The van der Waals surface area contributed by atoms with Gasteiger partial charge in [0.25, 0.3) is 5.69 Å². The van der Waals surface area contributed by atoms with Crippen LogP contribution in [0.5, 0.6) is 0 Å². The fraction of sp³-hybridized carbons (Fsp3) is 0.0606. The van der Waals surface area contributed by atoms with E-state index in [1.807, 2.05) is 72.8 Å². The first-order valence-electron chi connectivity index (χ1n) is 13.0. The molecule has 0 radical (unpaired) electrons. The highest BCUT2D eigenvalue weighted by Gasteiger charge is 2.27. The van der Waals surface area contributed by atoms with Crippen LogP contribution in [0.3, 0.4) is 0 Å². The van der Waals surface area contributed by atoms with E-state index in [4.69, 9.17) is 9.48 Å². The molecule has 0 aliphatic heterocycles. The molecule has 0 atom stereocenters. The van der Waals surface area contributed by atoms with Crippen LogP contribution in [0.1, 0.15) is 15.9 Å². The Labute approximate surface area is 247 Å². The van der Waals surface area contributed by atoms with Gasteiger partial charge in [-0.1, -0.05) is 107 Å². The van der Waals surface area contributed by atoms with Gasteiger partial charge in [-0.15, -0.1) is 0 Å². The Morgan fingerprint density at radius 3 is 1.76 bits per heavy atom. The molecule has 8 heteroatoms. The van der Waals surface area contributed by atoms with E-state index >= 15 is 0 Å². The average molecular weight is 625 g/mol. The van der Waals surface area contributed by atoms with Crippen molar-refractivity contribution in [2.24, 2.45) is 4.74 Å². The monoisotopic (exact) mass is 624 g/mol. The van der Waals surface area contributed by atoms with E-state index in [1.54, 1.807) is 0 Å². The number of non-ortho nitro benzene ring substituents is 1. The second-order valence-electron chi connectivity index (χ2n) is 9.20. The summed E-state index contributed by atoms with van der Waals surface area (Å²) in [6.07, 6.45) is 0.440. The summed E-state index contributed by atoms with van der Waals surface area (Å²) in [7, 11) is -2.48. The number of benzene rings is 5. The molecule has 6 nitrogen and oxygen atoms in total. The van der Waals surface area contributed by atoms with Crippen LogP contribution in [0.2, 0.25) is 0 Å². The van der Waals surface area contributed by atoms with Gasteiger partial charge in [-0.25, -0.2) is 4.79 Å². The first kappa shape index (κ1) is 28.2. The first-order chi connectivity index (χ1) is 20.0. The van der Waals surface area contributed by atoms with Crippen LogP contribution in [-0.4, -0.2) is 17.5 Å². The Balaban J connectivity index is 1.55. The zero-order valence-corrected chi connectivity index (χ0v) is 24.4. The van der Waals surface area contributed by atoms with Gasteiger partial charge in [-0.2, -0.15) is 0 Å². The fourth-order valence-corrected chi connectivity index (χ4v) is 8.60. The van der Waals surface area contributed by atoms with E-state index in [0.29, 0.717) is 6.42 Å². The number of ether oxygens (including phenoxy) is 1. The molecule has 0 fully saturated rings. The number of hydrogen-bond acceptors (Lipinski definition) is 5. The Kier molecular flexibility index (Phi) is 8.88. The average Bonchev–Trinajstić information content (AvgIpc) is 3.02. The van der Waals surface area contributed by atoms with E-state index in [2.05, 4.69) is 52.3 Å². The van der Waals surface area contributed by atoms with Crippen molar-refractivity contribution in [2.45, 2.75) is 6.42 Å². The molecule has 0 aliphatic carbocycles. The largest absolute Gasteiger partial charge is 0.462 e. The van der Waals surface area contributed by atoms with E-state index < -0.39 is 17.9 Å². The van der Waals surface area contributed by atoms with E-state index in [0.717, 1.165) is 31.6 Å². The summed E-state index contributed by atoms with van der Waals surface area (Å²) in [5, 5.41) is 14.3.